The molecule has 4 nitrogen and oxygen atoms in total. The van der Waals surface area contributed by atoms with E-state index in [4.69, 9.17) is 0 Å². The van der Waals surface area contributed by atoms with Gasteiger partial charge in [0, 0.05) is 11.6 Å². The van der Waals surface area contributed by atoms with Crippen LogP contribution >= 0.6 is 0 Å². The van der Waals surface area contributed by atoms with Crippen LogP contribution in [0.2, 0.25) is 0 Å². The van der Waals surface area contributed by atoms with Crippen LogP contribution in [0.1, 0.15) is 16.8 Å². The summed E-state index contributed by atoms with van der Waals surface area (Å²) < 4.78 is 39.0. The molecule has 0 atom stereocenters. The molecule has 0 aliphatic heterocycles. The van der Waals surface area contributed by atoms with Gasteiger partial charge >= 0.3 is 6.18 Å². The van der Waals surface area contributed by atoms with Gasteiger partial charge in [0.15, 0.2) is 0 Å². The fourth-order valence-electron chi connectivity index (χ4n) is 2.30. The lowest BCUT2D eigenvalue weighted by Gasteiger charge is -2.11. The molecule has 24 heavy (non-hydrogen) atoms. The predicted octanol–water partition coefficient (Wildman–Crippen LogP) is 4.00. The number of rotatable bonds is 2. The Hall–Kier alpha value is -3.09. The van der Waals surface area contributed by atoms with E-state index >= 15 is 0 Å². The lowest BCUT2D eigenvalue weighted by Crippen LogP contribution is -2.12. The van der Waals surface area contributed by atoms with Crippen molar-refractivity contribution in [2.24, 2.45) is 0 Å². The molecular weight excluding hydrogens is 321 g/mol. The molecule has 1 aromatic heterocycles. The first-order valence-corrected chi connectivity index (χ1v) is 6.92. The van der Waals surface area contributed by atoms with Crippen LogP contribution in [0.15, 0.2) is 53.3 Å². The summed E-state index contributed by atoms with van der Waals surface area (Å²) in [6, 6.07) is 11.3. The number of aliphatic hydroxyl groups excluding tert-OH is 1. The minimum Gasteiger partial charge on any atom is -0.507 e. The summed E-state index contributed by atoms with van der Waals surface area (Å²) >= 11 is 0. The van der Waals surface area contributed by atoms with Gasteiger partial charge < -0.3 is 10.1 Å². The van der Waals surface area contributed by atoms with Gasteiger partial charge in [0.05, 0.1) is 16.6 Å². The number of alkyl halides is 3. The van der Waals surface area contributed by atoms with Crippen LogP contribution in [0.25, 0.3) is 22.9 Å². The molecule has 0 unspecified atom stereocenters. The van der Waals surface area contributed by atoms with E-state index < -0.39 is 28.6 Å². The number of aliphatic hydroxyl groups is 1. The number of hydrogen-bond donors (Lipinski definition) is 2. The third-order valence-corrected chi connectivity index (χ3v) is 3.41. The molecule has 1 heterocycles. The molecule has 0 amide bonds. The van der Waals surface area contributed by atoms with E-state index in [0.29, 0.717) is 11.0 Å². The van der Waals surface area contributed by atoms with E-state index in [-0.39, 0.29) is 5.69 Å². The Labute approximate surface area is 133 Å². The van der Waals surface area contributed by atoms with Crippen molar-refractivity contribution in [3.05, 3.63) is 75.7 Å². The summed E-state index contributed by atoms with van der Waals surface area (Å²) in [6.07, 6.45) is -3.70. The molecule has 2 N–H and O–H groups in total. The van der Waals surface area contributed by atoms with Crippen molar-refractivity contribution in [2.45, 2.75) is 6.18 Å². The van der Waals surface area contributed by atoms with E-state index in [2.05, 4.69) is 9.97 Å². The first-order valence-electron chi connectivity index (χ1n) is 6.92. The Morgan fingerprint density at radius 1 is 1.08 bits per heavy atom. The van der Waals surface area contributed by atoms with Crippen LogP contribution in [-0.2, 0) is 6.18 Å². The van der Waals surface area contributed by atoms with Crippen LogP contribution in [0.4, 0.5) is 13.2 Å². The maximum Gasteiger partial charge on any atom is 0.417 e. The van der Waals surface area contributed by atoms with E-state index in [0.717, 1.165) is 18.2 Å². The summed E-state index contributed by atoms with van der Waals surface area (Å²) in [5, 5.41) is 10.1. The fraction of sp³-hybridized carbons (Fsp3) is 0.0588. The minimum absolute atomic E-state index is 0.178. The topological polar surface area (TPSA) is 66.0 Å². The van der Waals surface area contributed by atoms with Crippen LogP contribution in [0, 0.1) is 0 Å². The number of fused-ring (bicyclic) bond motifs is 1. The molecular formula is C17H11F3N2O2. The number of benzene rings is 2. The van der Waals surface area contributed by atoms with Crippen molar-refractivity contribution in [3.63, 3.8) is 0 Å². The van der Waals surface area contributed by atoms with Crippen LogP contribution in [0.3, 0.4) is 0 Å². The molecule has 0 radical (unpaired) electrons. The number of para-hydroxylation sites is 2. The molecule has 0 saturated heterocycles. The van der Waals surface area contributed by atoms with Crippen LogP contribution in [0.5, 0.6) is 0 Å². The number of halogens is 3. The maximum atomic E-state index is 13.0. The highest BCUT2D eigenvalue weighted by Crippen LogP contribution is 2.34. The second-order valence-corrected chi connectivity index (χ2v) is 5.04. The van der Waals surface area contributed by atoms with Gasteiger partial charge in [0.2, 0.25) is 0 Å². The van der Waals surface area contributed by atoms with E-state index in [1.807, 2.05) is 0 Å². The normalized spacial score (nSPS) is 12.5. The van der Waals surface area contributed by atoms with E-state index in [9.17, 15) is 23.1 Å². The number of nitrogens with zero attached hydrogens (tertiary/aromatic N) is 1. The Morgan fingerprint density at radius 2 is 1.75 bits per heavy atom. The maximum absolute atomic E-state index is 13.0. The summed E-state index contributed by atoms with van der Waals surface area (Å²) in [5.74, 6) is -0.684. The van der Waals surface area contributed by atoms with Crippen molar-refractivity contribution in [2.75, 3.05) is 0 Å². The first-order chi connectivity index (χ1) is 11.4. The molecule has 0 saturated carbocycles. The monoisotopic (exact) mass is 332 g/mol. The van der Waals surface area contributed by atoms with E-state index in [1.165, 1.54) is 12.1 Å². The summed E-state index contributed by atoms with van der Waals surface area (Å²) in [4.78, 5) is 18.6. The van der Waals surface area contributed by atoms with Gasteiger partial charge in [-0.25, -0.2) is 4.98 Å². The predicted molar refractivity (Wildman–Crippen MR) is 84.3 cm³/mol. The fourth-order valence-corrected chi connectivity index (χ4v) is 2.30. The lowest BCUT2D eigenvalue weighted by atomic mass is 10.0. The molecule has 2 aromatic carbocycles. The molecule has 122 valence electrons. The largest absolute Gasteiger partial charge is 0.507 e. The van der Waals surface area contributed by atoms with Gasteiger partial charge in [0.25, 0.3) is 5.56 Å². The SMILES string of the molecule is O=c1[nH]c2ccccc2nc1/C=C(\O)c1ccccc1C(F)(F)F. The molecule has 0 aliphatic carbocycles. The first kappa shape index (κ1) is 15.8. The molecule has 0 fully saturated rings. The molecule has 3 rings (SSSR count). The number of aromatic amines is 1. The molecule has 3 aromatic rings. The third-order valence-electron chi connectivity index (χ3n) is 3.41. The van der Waals surface area contributed by atoms with Crippen LogP contribution < -0.4 is 5.56 Å². The molecule has 0 bridgehead atoms. The highest BCUT2D eigenvalue weighted by atomic mass is 19.4. The smallest absolute Gasteiger partial charge is 0.417 e. The zero-order chi connectivity index (χ0) is 17.3. The molecule has 0 aliphatic rings. The number of hydrogen-bond acceptors (Lipinski definition) is 3. The van der Waals surface area contributed by atoms with Gasteiger partial charge in [-0.2, -0.15) is 13.2 Å². The third kappa shape index (κ3) is 3.01. The Morgan fingerprint density at radius 3 is 2.50 bits per heavy atom. The van der Waals surface area contributed by atoms with Crippen molar-refractivity contribution in [1.29, 1.82) is 0 Å². The van der Waals surface area contributed by atoms with Crippen molar-refractivity contribution >= 4 is 22.9 Å². The van der Waals surface area contributed by atoms with Crippen LogP contribution in [-0.4, -0.2) is 15.1 Å². The lowest BCUT2D eigenvalue weighted by molar-refractivity contribution is -0.137. The quantitative estimate of drug-likeness (QED) is 0.697. The van der Waals surface area contributed by atoms with Crippen molar-refractivity contribution in [3.8, 4) is 0 Å². The van der Waals surface area contributed by atoms with Crippen molar-refractivity contribution in [1.82, 2.24) is 9.97 Å². The number of aromatic nitrogens is 2. The number of nitrogens with one attached hydrogen (secondary N) is 1. The van der Waals surface area contributed by atoms with Crippen molar-refractivity contribution < 1.29 is 18.3 Å². The highest BCUT2D eigenvalue weighted by molar-refractivity contribution is 5.80. The van der Waals surface area contributed by atoms with E-state index in [1.54, 1.807) is 24.3 Å². The Balaban J connectivity index is 2.13. The second kappa shape index (κ2) is 5.84. The van der Waals surface area contributed by atoms with Gasteiger partial charge in [-0.15, -0.1) is 0 Å². The van der Waals surface area contributed by atoms with Gasteiger partial charge in [-0.05, 0) is 18.2 Å². The standard InChI is InChI=1S/C17H11F3N2O2/c18-17(19,20)11-6-2-1-5-10(11)15(23)9-14-16(24)22-13-8-4-3-7-12(13)21-14/h1-9,23H,(H,22,24)/b15-9-. The zero-order valence-electron chi connectivity index (χ0n) is 12.1. The average molecular weight is 332 g/mol. The highest BCUT2D eigenvalue weighted by Gasteiger charge is 2.33. The van der Waals surface area contributed by atoms with Gasteiger partial charge in [0.1, 0.15) is 11.5 Å². The number of H-pyrrole nitrogens is 1. The second-order valence-electron chi connectivity index (χ2n) is 5.04. The van der Waals surface area contributed by atoms with Gasteiger partial charge in [-0.3, -0.25) is 4.79 Å². The summed E-state index contributed by atoms with van der Waals surface area (Å²) in [6.45, 7) is 0. The Kier molecular flexibility index (Phi) is 3.84. The van der Waals surface area contributed by atoms with Gasteiger partial charge in [-0.1, -0.05) is 30.3 Å². The summed E-state index contributed by atoms with van der Waals surface area (Å²) in [5.41, 5.74) is -1.24. The Bertz CT molecular complexity index is 991. The zero-order valence-corrected chi connectivity index (χ0v) is 12.1. The molecule has 7 heteroatoms. The minimum atomic E-state index is -4.62. The summed E-state index contributed by atoms with van der Waals surface area (Å²) in [7, 11) is 0. The average Bonchev–Trinajstić information content (AvgIpc) is 2.54. The molecule has 0 spiro atoms.